The molecule has 3 atom stereocenters. The molecular formula is C31H47N3O8. The van der Waals surface area contributed by atoms with Crippen molar-refractivity contribution in [2.75, 3.05) is 13.2 Å². The van der Waals surface area contributed by atoms with E-state index in [0.717, 1.165) is 5.56 Å². The Morgan fingerprint density at radius 1 is 0.833 bits per heavy atom. The highest BCUT2D eigenvalue weighted by atomic mass is 16.6. The Morgan fingerprint density at radius 3 is 1.95 bits per heavy atom. The molecule has 0 unspecified atom stereocenters. The van der Waals surface area contributed by atoms with Gasteiger partial charge in [0.05, 0.1) is 0 Å². The molecule has 0 aliphatic heterocycles. The smallest absolute Gasteiger partial charge is 0.408 e. The van der Waals surface area contributed by atoms with Gasteiger partial charge in [-0.05, 0) is 51.5 Å². The van der Waals surface area contributed by atoms with E-state index in [1.165, 1.54) is 6.92 Å². The lowest BCUT2D eigenvalue weighted by atomic mass is 9.99. The van der Waals surface area contributed by atoms with E-state index in [1.54, 1.807) is 46.8 Å². The van der Waals surface area contributed by atoms with Crippen molar-refractivity contribution < 1.29 is 38.2 Å². The van der Waals surface area contributed by atoms with Crippen LogP contribution in [0.2, 0.25) is 0 Å². The summed E-state index contributed by atoms with van der Waals surface area (Å²) in [6.45, 7) is 17.1. The first-order valence-corrected chi connectivity index (χ1v) is 14.1. The van der Waals surface area contributed by atoms with E-state index in [-0.39, 0.29) is 37.0 Å². The number of benzene rings is 1. The molecule has 0 saturated carbocycles. The molecule has 0 aromatic heterocycles. The van der Waals surface area contributed by atoms with Crippen LogP contribution in [0.3, 0.4) is 0 Å². The van der Waals surface area contributed by atoms with Gasteiger partial charge in [-0.3, -0.25) is 9.59 Å². The lowest BCUT2D eigenvalue weighted by Crippen LogP contribution is -2.58. The molecule has 0 aliphatic carbocycles. The van der Waals surface area contributed by atoms with Crippen LogP contribution in [0.1, 0.15) is 67.4 Å². The van der Waals surface area contributed by atoms with Crippen LogP contribution in [-0.2, 0) is 39.8 Å². The second-order valence-electron chi connectivity index (χ2n) is 11.9. The standard InChI is InChI=1S/C31H47N3O8/c1-19(2)17-23(33-30(39)42-31(7,8)9)26(35)34-25(20(3)4)27(36)32-24(18-22-13-11-10-12-14-22)29(38)41-16-15-40-28(37)21(5)6/h10-14,19-20,23-25H,5,15-18H2,1-4,6-9H3,(H,32,36)(H,33,39)(H,34,35)/t23-,24-,25-/m0/s1. The Balaban J connectivity index is 3.04. The van der Waals surface area contributed by atoms with Gasteiger partial charge in [0.1, 0.15) is 36.9 Å². The van der Waals surface area contributed by atoms with Crippen molar-refractivity contribution in [2.45, 2.75) is 92.0 Å². The molecule has 0 heterocycles. The number of esters is 2. The number of nitrogens with one attached hydrogen (secondary N) is 3. The third kappa shape index (κ3) is 14.1. The first-order chi connectivity index (χ1) is 19.5. The van der Waals surface area contributed by atoms with Crippen LogP contribution >= 0.6 is 0 Å². The SMILES string of the molecule is C=C(C)C(=O)OCCOC(=O)[C@H](Cc1ccccc1)NC(=O)[C@@H](NC(=O)[C@H](CC(C)C)NC(=O)OC(C)(C)C)C(C)C. The Bertz CT molecular complexity index is 1080. The number of alkyl carbamates (subject to hydrolysis) is 1. The van der Waals surface area contributed by atoms with Crippen LogP contribution in [0.25, 0.3) is 0 Å². The molecule has 0 spiro atoms. The van der Waals surface area contributed by atoms with Gasteiger partial charge in [-0.15, -0.1) is 0 Å². The highest BCUT2D eigenvalue weighted by Gasteiger charge is 2.33. The van der Waals surface area contributed by atoms with Gasteiger partial charge in [-0.2, -0.15) is 0 Å². The molecule has 0 bridgehead atoms. The minimum atomic E-state index is -1.08. The van der Waals surface area contributed by atoms with Crippen molar-refractivity contribution in [2.24, 2.45) is 11.8 Å². The van der Waals surface area contributed by atoms with Gasteiger partial charge in [0.2, 0.25) is 11.8 Å². The molecule has 1 aromatic carbocycles. The molecule has 3 amide bonds. The minimum Gasteiger partial charge on any atom is -0.461 e. The zero-order chi connectivity index (χ0) is 32.0. The second kappa shape index (κ2) is 17.2. The number of carbonyl (C=O) groups excluding carboxylic acids is 5. The molecule has 0 saturated heterocycles. The molecule has 0 aliphatic rings. The van der Waals surface area contributed by atoms with Crippen LogP contribution in [0.5, 0.6) is 0 Å². The summed E-state index contributed by atoms with van der Waals surface area (Å²) in [7, 11) is 0. The first kappa shape index (κ1) is 36.1. The number of amides is 3. The summed E-state index contributed by atoms with van der Waals surface area (Å²) < 4.78 is 15.6. The Kier molecular flexibility index (Phi) is 14.8. The lowest BCUT2D eigenvalue weighted by molar-refractivity contribution is -0.152. The van der Waals surface area contributed by atoms with Crippen LogP contribution in [0.4, 0.5) is 4.79 Å². The number of ether oxygens (including phenoxy) is 3. The van der Waals surface area contributed by atoms with Crippen LogP contribution < -0.4 is 16.0 Å². The summed E-state index contributed by atoms with van der Waals surface area (Å²) in [6.07, 6.45) is -0.295. The van der Waals surface area contributed by atoms with Crippen LogP contribution in [-0.4, -0.2) is 66.8 Å². The molecule has 234 valence electrons. The summed E-state index contributed by atoms with van der Waals surface area (Å²) in [5, 5.41) is 8.05. The van der Waals surface area contributed by atoms with Crippen molar-refractivity contribution in [3.63, 3.8) is 0 Å². The average Bonchev–Trinajstić information content (AvgIpc) is 2.87. The van der Waals surface area contributed by atoms with Crippen LogP contribution in [0.15, 0.2) is 42.5 Å². The topological polar surface area (TPSA) is 149 Å². The highest BCUT2D eigenvalue weighted by molar-refractivity contribution is 5.93. The van der Waals surface area contributed by atoms with Gasteiger partial charge in [0.15, 0.2) is 0 Å². The van der Waals surface area contributed by atoms with Gasteiger partial charge >= 0.3 is 18.0 Å². The normalized spacial score (nSPS) is 13.4. The highest BCUT2D eigenvalue weighted by Crippen LogP contribution is 2.12. The fourth-order valence-electron chi connectivity index (χ4n) is 3.75. The van der Waals surface area contributed by atoms with Gasteiger partial charge in [0.25, 0.3) is 0 Å². The van der Waals surface area contributed by atoms with E-state index in [9.17, 15) is 24.0 Å². The fourth-order valence-corrected chi connectivity index (χ4v) is 3.75. The van der Waals surface area contributed by atoms with Crippen molar-refractivity contribution >= 4 is 29.8 Å². The zero-order valence-corrected chi connectivity index (χ0v) is 26.1. The Morgan fingerprint density at radius 2 is 1.43 bits per heavy atom. The maximum atomic E-state index is 13.4. The molecule has 11 heteroatoms. The number of hydrogen-bond acceptors (Lipinski definition) is 8. The monoisotopic (exact) mass is 589 g/mol. The molecule has 0 radical (unpaired) electrons. The predicted molar refractivity (Wildman–Crippen MR) is 158 cm³/mol. The predicted octanol–water partition coefficient (Wildman–Crippen LogP) is 3.46. The maximum Gasteiger partial charge on any atom is 0.408 e. The Hall–Kier alpha value is -3.89. The molecule has 1 rings (SSSR count). The van der Waals surface area contributed by atoms with Gasteiger partial charge in [0, 0.05) is 12.0 Å². The minimum absolute atomic E-state index is 0.0571. The first-order valence-electron chi connectivity index (χ1n) is 14.1. The zero-order valence-electron chi connectivity index (χ0n) is 26.1. The average molecular weight is 590 g/mol. The largest absolute Gasteiger partial charge is 0.461 e. The number of rotatable bonds is 15. The molecule has 0 fully saturated rings. The Labute approximate surface area is 249 Å². The van der Waals surface area contributed by atoms with E-state index in [0.29, 0.717) is 6.42 Å². The van der Waals surface area contributed by atoms with Crippen molar-refractivity contribution in [3.05, 3.63) is 48.0 Å². The van der Waals surface area contributed by atoms with E-state index in [4.69, 9.17) is 14.2 Å². The second-order valence-corrected chi connectivity index (χ2v) is 11.9. The van der Waals surface area contributed by atoms with Gasteiger partial charge in [-0.25, -0.2) is 14.4 Å². The van der Waals surface area contributed by atoms with E-state index in [1.807, 2.05) is 32.0 Å². The third-order valence-corrected chi connectivity index (χ3v) is 5.75. The summed E-state index contributed by atoms with van der Waals surface area (Å²) in [6, 6.07) is 6.01. The van der Waals surface area contributed by atoms with Crippen molar-refractivity contribution in [1.82, 2.24) is 16.0 Å². The van der Waals surface area contributed by atoms with Gasteiger partial charge in [-0.1, -0.05) is 64.6 Å². The maximum absolute atomic E-state index is 13.4. The summed E-state index contributed by atoms with van der Waals surface area (Å²) in [5.41, 5.74) is 0.240. The van der Waals surface area contributed by atoms with Crippen molar-refractivity contribution in [3.8, 4) is 0 Å². The fraction of sp³-hybridized carbons (Fsp3) is 0.581. The summed E-state index contributed by atoms with van der Waals surface area (Å²) >= 11 is 0. The lowest BCUT2D eigenvalue weighted by Gasteiger charge is -2.28. The summed E-state index contributed by atoms with van der Waals surface area (Å²) in [5.74, 6) is -2.77. The van der Waals surface area contributed by atoms with Gasteiger partial charge < -0.3 is 30.2 Å². The van der Waals surface area contributed by atoms with E-state index in [2.05, 4.69) is 22.5 Å². The number of hydrogen-bond donors (Lipinski definition) is 3. The molecule has 42 heavy (non-hydrogen) atoms. The molecule has 3 N–H and O–H groups in total. The molecule has 11 nitrogen and oxygen atoms in total. The van der Waals surface area contributed by atoms with Crippen molar-refractivity contribution in [1.29, 1.82) is 0 Å². The van der Waals surface area contributed by atoms with E-state index < -0.39 is 53.6 Å². The van der Waals surface area contributed by atoms with Crippen LogP contribution in [0, 0.1) is 11.8 Å². The summed E-state index contributed by atoms with van der Waals surface area (Å²) in [4.78, 5) is 63.7. The molecule has 1 aromatic rings. The third-order valence-electron chi connectivity index (χ3n) is 5.75. The number of carbonyl (C=O) groups is 5. The van der Waals surface area contributed by atoms with E-state index >= 15 is 0 Å². The molecular weight excluding hydrogens is 542 g/mol. The quantitative estimate of drug-likeness (QED) is 0.122.